The Kier molecular flexibility index (Phi) is 9.00. The summed E-state index contributed by atoms with van der Waals surface area (Å²) in [6.45, 7) is 4.34. The van der Waals surface area contributed by atoms with Gasteiger partial charge in [0.25, 0.3) is 0 Å². The van der Waals surface area contributed by atoms with Gasteiger partial charge in [-0.3, -0.25) is 14.1 Å². The van der Waals surface area contributed by atoms with Crippen molar-refractivity contribution in [3.8, 4) is 0 Å². The van der Waals surface area contributed by atoms with Crippen molar-refractivity contribution in [1.82, 2.24) is 9.62 Å². The minimum Gasteiger partial charge on any atom is -0.355 e. The lowest BCUT2D eigenvalue weighted by molar-refractivity contribution is -0.117. The van der Waals surface area contributed by atoms with Gasteiger partial charge in [-0.25, -0.2) is 8.42 Å². The molecular weight excluding hydrogens is 482 g/mol. The van der Waals surface area contributed by atoms with Crippen LogP contribution in [-0.4, -0.2) is 51.2 Å². The van der Waals surface area contributed by atoms with Crippen molar-refractivity contribution in [3.05, 3.63) is 69.4 Å². The number of nitrogens with zero attached hydrogens (tertiary/aromatic N) is 2. The Morgan fingerprint density at radius 2 is 1.77 bits per heavy atom. The summed E-state index contributed by atoms with van der Waals surface area (Å²) < 4.78 is 26.8. The Morgan fingerprint density at radius 1 is 1.14 bits per heavy atom. The number of amides is 1. The van der Waals surface area contributed by atoms with Gasteiger partial charge < -0.3 is 5.32 Å². The molecule has 3 aliphatic rings. The number of carbonyl (C=O) groups excluding carboxylic acids is 1. The summed E-state index contributed by atoms with van der Waals surface area (Å²) in [5.74, 6) is 0.629. The first kappa shape index (κ1) is 27.2. The average molecular weight is 518 g/mol. The Morgan fingerprint density at radius 3 is 2.20 bits per heavy atom. The molecule has 0 heterocycles. The first-order valence-corrected chi connectivity index (χ1v) is 14.3. The van der Waals surface area contributed by atoms with E-state index >= 15 is 0 Å². The van der Waals surface area contributed by atoms with Gasteiger partial charge in [-0.1, -0.05) is 35.7 Å². The van der Waals surface area contributed by atoms with Gasteiger partial charge in [-0.05, 0) is 81.2 Å². The normalized spacial score (nSPS) is 20.7. The molecule has 0 saturated heterocycles. The van der Waals surface area contributed by atoms with Crippen LogP contribution >= 0.6 is 11.6 Å². The van der Waals surface area contributed by atoms with Crippen LogP contribution in [0.15, 0.2) is 63.8 Å². The molecule has 35 heavy (non-hydrogen) atoms. The summed E-state index contributed by atoms with van der Waals surface area (Å²) in [6, 6.07) is 7.75. The van der Waals surface area contributed by atoms with Crippen molar-refractivity contribution in [2.75, 3.05) is 26.9 Å². The largest absolute Gasteiger partial charge is 0.355 e. The molecule has 0 unspecified atom stereocenters. The van der Waals surface area contributed by atoms with Gasteiger partial charge in [-0.2, -0.15) is 0 Å². The number of allylic oxidation sites excluding steroid dienone is 4. The minimum atomic E-state index is -3.39. The Bertz CT molecular complexity index is 1150. The Balaban J connectivity index is 0.000000363. The molecule has 4 rings (SSSR count). The number of hydrogen-bond acceptors (Lipinski definition) is 4. The van der Waals surface area contributed by atoms with E-state index in [0.29, 0.717) is 29.7 Å². The van der Waals surface area contributed by atoms with Crippen molar-refractivity contribution in [2.24, 2.45) is 16.8 Å². The highest BCUT2D eigenvalue weighted by molar-refractivity contribution is 7.88. The smallest absolute Gasteiger partial charge is 0.247 e. The number of carbonyl (C=O) groups is 1. The van der Waals surface area contributed by atoms with Crippen LogP contribution in [0, 0.1) is 18.8 Å². The lowest BCUT2D eigenvalue weighted by atomic mass is 9.85. The van der Waals surface area contributed by atoms with E-state index in [4.69, 9.17) is 11.6 Å². The van der Waals surface area contributed by atoms with Crippen LogP contribution < -0.4 is 5.32 Å². The van der Waals surface area contributed by atoms with Crippen LogP contribution in [0.5, 0.6) is 0 Å². The van der Waals surface area contributed by atoms with Crippen molar-refractivity contribution in [3.63, 3.8) is 0 Å². The van der Waals surface area contributed by atoms with Gasteiger partial charge in [0.15, 0.2) is 0 Å². The van der Waals surface area contributed by atoms with Crippen LogP contribution in [0.2, 0.25) is 5.02 Å². The first-order chi connectivity index (χ1) is 16.5. The average Bonchev–Trinajstić information content (AvgIpc) is 3.63. The molecule has 8 heteroatoms. The summed E-state index contributed by atoms with van der Waals surface area (Å²) in [7, 11) is -0.111. The number of likely N-dealkylation sites (N-methyl/N-ethyl adjacent to an activating group) is 1. The molecule has 1 aromatic rings. The van der Waals surface area contributed by atoms with Gasteiger partial charge in [0.05, 0.1) is 17.7 Å². The highest BCUT2D eigenvalue weighted by Crippen LogP contribution is 2.44. The van der Waals surface area contributed by atoms with E-state index < -0.39 is 10.0 Å². The first-order valence-electron chi connectivity index (χ1n) is 12.1. The molecule has 0 aliphatic heterocycles. The van der Waals surface area contributed by atoms with Crippen LogP contribution in [0.3, 0.4) is 0 Å². The van der Waals surface area contributed by atoms with E-state index in [-0.39, 0.29) is 5.91 Å². The summed E-state index contributed by atoms with van der Waals surface area (Å²) in [6.07, 6.45) is 10.6. The van der Waals surface area contributed by atoms with Gasteiger partial charge >= 0.3 is 0 Å². The fourth-order valence-electron chi connectivity index (χ4n) is 4.18. The van der Waals surface area contributed by atoms with E-state index in [1.807, 2.05) is 43.3 Å². The van der Waals surface area contributed by atoms with Gasteiger partial charge in [-0.15, -0.1) is 0 Å². The third-order valence-corrected chi connectivity index (χ3v) is 8.10. The molecule has 2 fully saturated rings. The number of aliphatic imine (C=N–C) groups is 1. The number of aryl methyl sites for hydroxylation is 1. The molecule has 190 valence electrons. The molecule has 0 bridgehead atoms. The topological polar surface area (TPSA) is 78.8 Å². The number of hydrogen-bond donors (Lipinski definition) is 1. The standard InChI is InChI=1S/C20H29N3O3S.C7H7Cl/c1-13(20(24)22-3)16-10-17(15-8-9-15)19(11-18(16)21-2)23(27(4,25)26)12-14-6-5-7-14;1-6-2-4-7(8)5-3-6/h10-11,14-15H,5-9,12H2,1-4H3,(H,22,24);2-5H,1H3/b16-13+,21-18?;. The van der Waals surface area contributed by atoms with Gasteiger partial charge in [0.1, 0.15) is 0 Å². The zero-order valence-electron chi connectivity index (χ0n) is 21.3. The second-order valence-electron chi connectivity index (χ2n) is 9.52. The second-order valence-corrected chi connectivity index (χ2v) is 11.9. The number of nitrogens with one attached hydrogen (secondary N) is 1. The third kappa shape index (κ3) is 7.07. The fourth-order valence-corrected chi connectivity index (χ4v) is 5.30. The predicted molar refractivity (Wildman–Crippen MR) is 144 cm³/mol. The zero-order valence-corrected chi connectivity index (χ0v) is 22.8. The summed E-state index contributed by atoms with van der Waals surface area (Å²) >= 11 is 5.61. The fraction of sp³-hybridized carbons (Fsp3) is 0.481. The summed E-state index contributed by atoms with van der Waals surface area (Å²) in [4.78, 5) is 16.5. The Labute approximate surface area is 214 Å². The maximum atomic E-state index is 12.6. The molecule has 1 aromatic carbocycles. The van der Waals surface area contributed by atoms with Gasteiger partial charge in [0.2, 0.25) is 15.9 Å². The van der Waals surface area contributed by atoms with Crippen molar-refractivity contribution in [2.45, 2.75) is 46.0 Å². The van der Waals surface area contributed by atoms with E-state index in [1.165, 1.54) is 18.2 Å². The number of sulfonamides is 1. The monoisotopic (exact) mass is 517 g/mol. The van der Waals surface area contributed by atoms with E-state index in [0.717, 1.165) is 47.5 Å². The van der Waals surface area contributed by atoms with Crippen LogP contribution in [0.4, 0.5) is 0 Å². The van der Waals surface area contributed by atoms with E-state index in [9.17, 15) is 13.2 Å². The highest BCUT2D eigenvalue weighted by Gasteiger charge is 2.37. The molecule has 0 radical (unpaired) electrons. The zero-order chi connectivity index (χ0) is 25.8. The molecule has 0 atom stereocenters. The predicted octanol–water partition coefficient (Wildman–Crippen LogP) is 5.06. The van der Waals surface area contributed by atoms with Gasteiger partial charge in [0, 0.05) is 36.8 Å². The molecule has 1 amide bonds. The van der Waals surface area contributed by atoms with Crippen molar-refractivity contribution >= 4 is 33.2 Å². The molecule has 1 N–H and O–H groups in total. The maximum Gasteiger partial charge on any atom is 0.247 e. The van der Waals surface area contributed by atoms with E-state index in [2.05, 4.69) is 10.3 Å². The third-order valence-electron chi connectivity index (χ3n) is 6.70. The summed E-state index contributed by atoms with van der Waals surface area (Å²) in [5.41, 5.74) is 5.02. The van der Waals surface area contributed by atoms with Crippen molar-refractivity contribution < 1.29 is 13.2 Å². The molecule has 2 saturated carbocycles. The molecule has 0 spiro atoms. The molecule has 6 nitrogen and oxygen atoms in total. The van der Waals surface area contributed by atoms with Crippen LogP contribution in [0.25, 0.3) is 0 Å². The minimum absolute atomic E-state index is 0.149. The maximum absolute atomic E-state index is 12.6. The van der Waals surface area contributed by atoms with Crippen LogP contribution in [-0.2, 0) is 14.8 Å². The lowest BCUT2D eigenvalue weighted by Gasteiger charge is -2.35. The van der Waals surface area contributed by atoms with E-state index in [1.54, 1.807) is 25.3 Å². The SMILES string of the molecule is CN=C1C=C(N(CC2CCC2)S(C)(=O)=O)C(C2CC2)=C/C1=C(/C)C(=O)NC.Cc1ccc(Cl)cc1. The number of halogens is 1. The summed E-state index contributed by atoms with van der Waals surface area (Å²) in [5, 5.41) is 3.46. The highest BCUT2D eigenvalue weighted by atomic mass is 35.5. The molecule has 0 aromatic heterocycles. The quantitative estimate of drug-likeness (QED) is 0.535. The lowest BCUT2D eigenvalue weighted by Crippen LogP contribution is -2.38. The molecular formula is C27H36ClN3O3S. The number of benzene rings is 1. The molecule has 3 aliphatic carbocycles. The number of rotatable bonds is 6. The Hall–Kier alpha value is -2.38. The van der Waals surface area contributed by atoms with Crippen molar-refractivity contribution in [1.29, 1.82) is 0 Å². The second kappa shape index (κ2) is 11.6. The van der Waals surface area contributed by atoms with Crippen LogP contribution in [0.1, 0.15) is 44.6 Å².